The first kappa shape index (κ1) is 17.3. The van der Waals surface area contributed by atoms with Gasteiger partial charge in [-0.1, -0.05) is 32.9 Å². The molecule has 0 atom stereocenters. The van der Waals surface area contributed by atoms with Crippen LogP contribution in [-0.4, -0.2) is 29.1 Å². The molecule has 5 nitrogen and oxygen atoms in total. The number of nitrogens with zero attached hydrogens (tertiary/aromatic N) is 3. The molecule has 1 heterocycles. The summed E-state index contributed by atoms with van der Waals surface area (Å²) in [6, 6.07) is 2.02. The van der Waals surface area contributed by atoms with Gasteiger partial charge in [-0.2, -0.15) is 0 Å². The van der Waals surface area contributed by atoms with Crippen LogP contribution in [0.3, 0.4) is 0 Å². The summed E-state index contributed by atoms with van der Waals surface area (Å²) in [6.07, 6.45) is 0. The Balaban J connectivity index is 3.40. The van der Waals surface area contributed by atoms with E-state index < -0.39 is 0 Å². The lowest BCUT2D eigenvalue weighted by Crippen LogP contribution is -2.34. The quantitative estimate of drug-likeness (QED) is 0.366. The average Bonchev–Trinajstić information content (AvgIpc) is 2.35. The first-order valence-electron chi connectivity index (χ1n) is 7.47. The van der Waals surface area contributed by atoms with Gasteiger partial charge in [0.15, 0.2) is 5.84 Å². The minimum absolute atomic E-state index is 0.118. The molecule has 118 valence electrons. The van der Waals surface area contributed by atoms with Gasteiger partial charge in [0.1, 0.15) is 0 Å². The number of amidine groups is 1. The molecule has 0 fully saturated rings. The van der Waals surface area contributed by atoms with E-state index in [0.717, 1.165) is 35.7 Å². The molecule has 1 rings (SSSR count). The Bertz CT molecular complexity index is 499. The summed E-state index contributed by atoms with van der Waals surface area (Å²) in [5, 5.41) is 12.2. The Hall–Kier alpha value is -1.78. The second-order valence-corrected chi connectivity index (χ2v) is 6.42. The van der Waals surface area contributed by atoms with Crippen molar-refractivity contribution in [3.05, 3.63) is 23.0 Å². The fraction of sp³-hybridized carbons (Fsp3) is 0.625. The summed E-state index contributed by atoms with van der Waals surface area (Å²) < 4.78 is 0. The van der Waals surface area contributed by atoms with Crippen LogP contribution in [0.2, 0.25) is 0 Å². The Morgan fingerprint density at radius 3 is 2.19 bits per heavy atom. The van der Waals surface area contributed by atoms with Gasteiger partial charge in [-0.15, -0.1) is 0 Å². The van der Waals surface area contributed by atoms with E-state index in [9.17, 15) is 0 Å². The Morgan fingerprint density at radius 2 is 1.76 bits per heavy atom. The molecule has 0 saturated carbocycles. The number of aromatic nitrogens is 1. The summed E-state index contributed by atoms with van der Waals surface area (Å²) in [5.41, 5.74) is 9.33. The highest BCUT2D eigenvalue weighted by atomic mass is 16.4. The molecule has 21 heavy (non-hydrogen) atoms. The summed E-state index contributed by atoms with van der Waals surface area (Å²) >= 11 is 0. The van der Waals surface area contributed by atoms with E-state index >= 15 is 0 Å². The van der Waals surface area contributed by atoms with Gasteiger partial charge in [0.2, 0.25) is 0 Å². The third-order valence-electron chi connectivity index (χ3n) is 3.18. The van der Waals surface area contributed by atoms with Gasteiger partial charge in [0.25, 0.3) is 0 Å². The fourth-order valence-electron chi connectivity index (χ4n) is 2.58. The lowest BCUT2D eigenvalue weighted by Gasteiger charge is -2.31. The molecule has 0 spiro atoms. The zero-order valence-corrected chi connectivity index (χ0v) is 14.0. The molecule has 0 bridgehead atoms. The van der Waals surface area contributed by atoms with Gasteiger partial charge >= 0.3 is 0 Å². The van der Waals surface area contributed by atoms with Crippen molar-refractivity contribution in [2.45, 2.75) is 41.5 Å². The van der Waals surface area contributed by atoms with E-state index in [-0.39, 0.29) is 5.84 Å². The second-order valence-electron chi connectivity index (χ2n) is 6.42. The van der Waals surface area contributed by atoms with Crippen molar-refractivity contribution in [2.24, 2.45) is 22.7 Å². The first-order valence-corrected chi connectivity index (χ1v) is 7.47. The normalized spacial score (nSPS) is 12.3. The third-order valence-corrected chi connectivity index (χ3v) is 3.18. The highest BCUT2D eigenvalue weighted by Crippen LogP contribution is 2.25. The van der Waals surface area contributed by atoms with Gasteiger partial charge in [-0.25, -0.2) is 0 Å². The lowest BCUT2D eigenvalue weighted by atomic mass is 10.1. The summed E-state index contributed by atoms with van der Waals surface area (Å²) in [6.45, 7) is 14.5. The number of aryl methyl sites for hydroxylation is 2. The van der Waals surface area contributed by atoms with Crippen molar-refractivity contribution in [3.63, 3.8) is 0 Å². The minimum atomic E-state index is 0.118. The molecule has 0 aliphatic carbocycles. The molecule has 0 radical (unpaired) electrons. The SMILES string of the molecule is Cc1cc(N(CC(C)C)CC(C)C)c(/C(N)=N/O)c(C)n1. The smallest absolute Gasteiger partial charge is 0.174 e. The predicted molar refractivity (Wildman–Crippen MR) is 88.1 cm³/mol. The number of nitrogens with two attached hydrogens (primary N) is 1. The number of oxime groups is 1. The molecular weight excluding hydrogens is 264 g/mol. The van der Waals surface area contributed by atoms with Crippen molar-refractivity contribution in [3.8, 4) is 0 Å². The molecule has 3 N–H and O–H groups in total. The van der Waals surface area contributed by atoms with E-state index in [1.165, 1.54) is 0 Å². The van der Waals surface area contributed by atoms with Crippen molar-refractivity contribution >= 4 is 11.5 Å². The van der Waals surface area contributed by atoms with Gasteiger partial charge in [0, 0.05) is 18.8 Å². The second kappa shape index (κ2) is 7.29. The number of pyridine rings is 1. The van der Waals surface area contributed by atoms with Crippen LogP contribution in [0.4, 0.5) is 5.69 Å². The highest BCUT2D eigenvalue weighted by molar-refractivity contribution is 6.03. The van der Waals surface area contributed by atoms with E-state index in [0.29, 0.717) is 11.8 Å². The number of anilines is 1. The van der Waals surface area contributed by atoms with Gasteiger partial charge in [-0.3, -0.25) is 4.98 Å². The minimum Gasteiger partial charge on any atom is -0.409 e. The highest BCUT2D eigenvalue weighted by Gasteiger charge is 2.19. The Morgan fingerprint density at radius 1 is 1.24 bits per heavy atom. The van der Waals surface area contributed by atoms with Crippen molar-refractivity contribution in [1.82, 2.24) is 4.98 Å². The maximum absolute atomic E-state index is 9.07. The van der Waals surface area contributed by atoms with Crippen LogP contribution in [0.15, 0.2) is 11.2 Å². The molecule has 0 aliphatic rings. The molecule has 0 unspecified atom stereocenters. The molecule has 1 aromatic rings. The maximum atomic E-state index is 9.07. The monoisotopic (exact) mass is 292 g/mol. The van der Waals surface area contributed by atoms with Crippen molar-refractivity contribution < 1.29 is 5.21 Å². The first-order chi connectivity index (χ1) is 9.76. The number of hydrogen-bond acceptors (Lipinski definition) is 4. The summed E-state index contributed by atoms with van der Waals surface area (Å²) in [7, 11) is 0. The Kier molecular flexibility index (Phi) is 6.00. The van der Waals surface area contributed by atoms with Crippen LogP contribution in [0, 0.1) is 25.7 Å². The number of rotatable bonds is 6. The molecule has 0 saturated heterocycles. The topological polar surface area (TPSA) is 74.7 Å². The summed E-state index contributed by atoms with van der Waals surface area (Å²) in [5.74, 6) is 1.17. The zero-order chi connectivity index (χ0) is 16.2. The molecular formula is C16H28N4O. The van der Waals surface area contributed by atoms with Crippen LogP contribution in [0.25, 0.3) is 0 Å². The fourth-order valence-corrected chi connectivity index (χ4v) is 2.58. The maximum Gasteiger partial charge on any atom is 0.174 e. The van der Waals surface area contributed by atoms with Crippen LogP contribution in [-0.2, 0) is 0 Å². The van der Waals surface area contributed by atoms with Crippen LogP contribution < -0.4 is 10.6 Å². The average molecular weight is 292 g/mol. The third kappa shape index (κ3) is 4.62. The van der Waals surface area contributed by atoms with E-state index in [1.807, 2.05) is 19.9 Å². The molecule has 0 aromatic carbocycles. The van der Waals surface area contributed by atoms with Crippen LogP contribution in [0.5, 0.6) is 0 Å². The molecule has 0 amide bonds. The van der Waals surface area contributed by atoms with Gasteiger partial charge in [0.05, 0.1) is 16.9 Å². The molecule has 0 aliphatic heterocycles. The zero-order valence-electron chi connectivity index (χ0n) is 14.0. The van der Waals surface area contributed by atoms with Crippen molar-refractivity contribution in [2.75, 3.05) is 18.0 Å². The van der Waals surface area contributed by atoms with E-state index in [2.05, 4.69) is 42.7 Å². The van der Waals surface area contributed by atoms with Gasteiger partial charge < -0.3 is 15.8 Å². The van der Waals surface area contributed by atoms with Crippen molar-refractivity contribution in [1.29, 1.82) is 0 Å². The standard InChI is InChI=1S/C16H28N4O/c1-10(2)8-20(9-11(3)4)14-7-12(5)18-13(6)15(14)16(17)19-21/h7,10-11,21H,8-9H2,1-6H3,(H2,17,19). The largest absolute Gasteiger partial charge is 0.409 e. The van der Waals surface area contributed by atoms with E-state index in [1.54, 1.807) is 0 Å². The van der Waals surface area contributed by atoms with Crippen LogP contribution >= 0.6 is 0 Å². The molecule has 1 aromatic heterocycles. The molecule has 5 heteroatoms. The summed E-state index contributed by atoms with van der Waals surface area (Å²) in [4.78, 5) is 6.76. The van der Waals surface area contributed by atoms with E-state index in [4.69, 9.17) is 10.9 Å². The lowest BCUT2D eigenvalue weighted by molar-refractivity contribution is 0.318. The van der Waals surface area contributed by atoms with Crippen LogP contribution in [0.1, 0.15) is 44.6 Å². The van der Waals surface area contributed by atoms with Gasteiger partial charge in [-0.05, 0) is 31.7 Å². The number of hydrogen-bond donors (Lipinski definition) is 2. The Labute approximate surface area is 127 Å². The predicted octanol–water partition coefficient (Wildman–Crippen LogP) is 2.91.